The van der Waals surface area contributed by atoms with Crippen molar-refractivity contribution in [1.82, 2.24) is 9.97 Å². The fraction of sp³-hybridized carbons (Fsp3) is 0.318. The number of carbonyl (C=O) groups excluding carboxylic acids is 1. The normalized spacial score (nSPS) is 18.8. The Bertz CT molecular complexity index is 1390. The Morgan fingerprint density at radius 3 is 2.78 bits per heavy atom. The lowest BCUT2D eigenvalue weighted by molar-refractivity contribution is 0.104. The first kappa shape index (κ1) is 27.2. The second-order valence-electron chi connectivity index (χ2n) is 8.32. The molecule has 192 valence electrons. The number of aliphatic hydroxyl groups is 1. The molecule has 0 amide bonds. The summed E-state index contributed by atoms with van der Waals surface area (Å²) in [5, 5.41) is 19.8. The van der Waals surface area contributed by atoms with Gasteiger partial charge in [0.15, 0.2) is 0 Å². The number of carbonyl (C=O) groups is 1. The maximum atomic E-state index is 13.4. The smallest absolute Gasteiger partial charge is 0.333 e. The maximum absolute atomic E-state index is 13.4. The van der Waals surface area contributed by atoms with Crippen LogP contribution in [0.3, 0.4) is 0 Å². The molecule has 1 saturated carbocycles. The van der Waals surface area contributed by atoms with Crippen LogP contribution in [0.5, 0.6) is 0 Å². The van der Waals surface area contributed by atoms with Crippen LogP contribution in [0.4, 0.5) is 5.82 Å². The van der Waals surface area contributed by atoms with Gasteiger partial charge in [0.05, 0.1) is 21.4 Å². The van der Waals surface area contributed by atoms with Crippen molar-refractivity contribution in [3.63, 3.8) is 0 Å². The molecular formula is C22H21Cl3N4O5S2. The van der Waals surface area contributed by atoms with Gasteiger partial charge in [0.1, 0.15) is 18.2 Å². The van der Waals surface area contributed by atoms with E-state index in [9.17, 15) is 18.3 Å². The molecule has 2 aromatic heterocycles. The molecule has 1 aliphatic carbocycles. The zero-order chi connectivity index (χ0) is 26.0. The summed E-state index contributed by atoms with van der Waals surface area (Å²) in [4.78, 5) is 21.9. The predicted molar refractivity (Wildman–Crippen MR) is 139 cm³/mol. The molecule has 0 saturated heterocycles. The highest BCUT2D eigenvalue weighted by molar-refractivity contribution is 7.84. The first-order chi connectivity index (χ1) is 17.0. The molecule has 0 bridgehead atoms. The molecule has 3 atom stereocenters. The second kappa shape index (κ2) is 11.3. The van der Waals surface area contributed by atoms with Crippen LogP contribution in [0.2, 0.25) is 14.4 Å². The summed E-state index contributed by atoms with van der Waals surface area (Å²) < 4.78 is 27.0. The Kier molecular flexibility index (Phi) is 8.52. The minimum absolute atomic E-state index is 0.000256. The molecule has 1 fully saturated rings. The first-order valence-electron chi connectivity index (χ1n) is 10.7. The van der Waals surface area contributed by atoms with Crippen molar-refractivity contribution in [2.24, 2.45) is 11.1 Å². The van der Waals surface area contributed by atoms with Gasteiger partial charge in [-0.05, 0) is 49.4 Å². The van der Waals surface area contributed by atoms with E-state index < -0.39 is 16.4 Å². The number of ketones is 1. The van der Waals surface area contributed by atoms with Crippen molar-refractivity contribution in [2.45, 2.75) is 31.4 Å². The lowest BCUT2D eigenvalue weighted by Crippen LogP contribution is -2.22. The topological polar surface area (TPSA) is 144 Å². The summed E-state index contributed by atoms with van der Waals surface area (Å²) in [6.07, 6.45) is 3.64. The van der Waals surface area contributed by atoms with Gasteiger partial charge in [-0.25, -0.2) is 15.1 Å². The Morgan fingerprint density at radius 2 is 2.03 bits per heavy atom. The van der Waals surface area contributed by atoms with Gasteiger partial charge in [0, 0.05) is 33.4 Å². The number of nitrogens with one attached hydrogen (secondary N) is 1. The van der Waals surface area contributed by atoms with Gasteiger partial charge in [-0.3, -0.25) is 8.98 Å². The number of aliphatic hydroxyl groups excluding tert-OH is 1. The summed E-state index contributed by atoms with van der Waals surface area (Å²) in [7, 11) is -3.99. The van der Waals surface area contributed by atoms with Crippen LogP contribution >= 0.6 is 46.1 Å². The van der Waals surface area contributed by atoms with Crippen molar-refractivity contribution in [2.75, 3.05) is 11.9 Å². The SMILES string of the molecule is NS(=O)(=O)OC[C@@H]1CCC(Nc2ncncc2C(=O)c2cc(C(O)c3cc(Cl)ccc3Cl)c(Cl)s2)C1. The lowest BCUT2D eigenvalue weighted by atomic mass is 10.0. The van der Waals surface area contributed by atoms with E-state index in [0.717, 1.165) is 24.2 Å². The Labute approximate surface area is 226 Å². The number of rotatable bonds is 9. The zero-order valence-electron chi connectivity index (χ0n) is 18.5. The van der Waals surface area contributed by atoms with Crippen LogP contribution in [0.15, 0.2) is 36.8 Å². The van der Waals surface area contributed by atoms with E-state index in [4.69, 9.17) is 44.1 Å². The summed E-state index contributed by atoms with van der Waals surface area (Å²) in [5.41, 5.74) is 0.936. The molecule has 36 heavy (non-hydrogen) atoms. The van der Waals surface area contributed by atoms with Crippen molar-refractivity contribution >= 4 is 68.0 Å². The number of halogens is 3. The Morgan fingerprint density at radius 1 is 1.25 bits per heavy atom. The van der Waals surface area contributed by atoms with Gasteiger partial charge in [-0.15, -0.1) is 11.3 Å². The van der Waals surface area contributed by atoms with Gasteiger partial charge in [-0.2, -0.15) is 8.42 Å². The maximum Gasteiger partial charge on any atom is 0.333 e. The summed E-state index contributed by atoms with van der Waals surface area (Å²) in [5.74, 6) is -0.0226. The fourth-order valence-electron chi connectivity index (χ4n) is 4.06. The number of hydrogen-bond acceptors (Lipinski definition) is 9. The number of aromatic nitrogens is 2. The minimum atomic E-state index is -3.99. The number of nitrogens with two attached hydrogens (primary N) is 1. The van der Waals surface area contributed by atoms with Gasteiger partial charge in [-0.1, -0.05) is 34.8 Å². The molecule has 1 aliphatic rings. The Hall–Kier alpha value is -1.83. The molecule has 1 aromatic carbocycles. The van der Waals surface area contributed by atoms with Crippen LogP contribution in [0, 0.1) is 5.92 Å². The molecular weight excluding hydrogens is 571 g/mol. The molecule has 4 rings (SSSR count). The number of anilines is 1. The molecule has 3 aromatic rings. The van der Waals surface area contributed by atoms with Crippen LogP contribution < -0.4 is 10.5 Å². The molecule has 0 aliphatic heterocycles. The summed E-state index contributed by atoms with van der Waals surface area (Å²) >= 11 is 19.7. The van der Waals surface area contributed by atoms with Crippen molar-refractivity contribution in [1.29, 1.82) is 0 Å². The molecule has 2 unspecified atom stereocenters. The quantitative estimate of drug-likeness (QED) is 0.306. The van der Waals surface area contributed by atoms with E-state index in [2.05, 4.69) is 15.3 Å². The van der Waals surface area contributed by atoms with E-state index >= 15 is 0 Å². The van der Waals surface area contributed by atoms with Crippen molar-refractivity contribution < 1.29 is 22.5 Å². The molecule has 9 nitrogen and oxygen atoms in total. The summed E-state index contributed by atoms with van der Waals surface area (Å²) in [6.45, 7) is 0.00200. The average Bonchev–Trinajstić information content (AvgIpc) is 3.44. The first-order valence-corrected chi connectivity index (χ1v) is 14.1. The van der Waals surface area contributed by atoms with E-state index in [1.807, 2.05) is 0 Å². The zero-order valence-corrected chi connectivity index (χ0v) is 22.4. The molecule has 4 N–H and O–H groups in total. The highest BCUT2D eigenvalue weighted by atomic mass is 35.5. The van der Waals surface area contributed by atoms with Crippen molar-refractivity contribution in [3.05, 3.63) is 72.7 Å². The van der Waals surface area contributed by atoms with Crippen LogP contribution in [0.25, 0.3) is 0 Å². The number of nitrogens with zero attached hydrogens (tertiary/aromatic N) is 2. The van der Waals surface area contributed by atoms with Crippen LogP contribution in [-0.4, -0.2) is 41.9 Å². The lowest BCUT2D eigenvalue weighted by Gasteiger charge is -2.15. The average molecular weight is 592 g/mol. The molecule has 0 radical (unpaired) electrons. The van der Waals surface area contributed by atoms with E-state index in [1.165, 1.54) is 18.6 Å². The van der Waals surface area contributed by atoms with E-state index in [1.54, 1.807) is 18.2 Å². The largest absolute Gasteiger partial charge is 0.384 e. The van der Waals surface area contributed by atoms with Gasteiger partial charge < -0.3 is 10.4 Å². The van der Waals surface area contributed by atoms with Crippen molar-refractivity contribution in [3.8, 4) is 0 Å². The molecule has 14 heteroatoms. The Balaban J connectivity index is 1.51. The predicted octanol–water partition coefficient (Wildman–Crippen LogP) is 4.61. The van der Waals surface area contributed by atoms with Gasteiger partial charge in [0.2, 0.25) is 5.78 Å². The number of benzene rings is 1. The second-order valence-corrected chi connectivity index (χ2v) is 12.0. The van der Waals surface area contributed by atoms with Gasteiger partial charge in [0.25, 0.3) is 0 Å². The summed E-state index contributed by atoms with van der Waals surface area (Å²) in [6, 6.07) is 6.19. The third kappa shape index (κ3) is 6.53. The van der Waals surface area contributed by atoms with Crippen LogP contribution in [0.1, 0.15) is 51.7 Å². The van der Waals surface area contributed by atoms with Crippen LogP contribution in [-0.2, 0) is 14.5 Å². The monoisotopic (exact) mass is 590 g/mol. The third-order valence-electron chi connectivity index (χ3n) is 5.79. The number of hydrogen-bond donors (Lipinski definition) is 3. The van der Waals surface area contributed by atoms with E-state index in [-0.39, 0.29) is 39.1 Å². The molecule has 2 heterocycles. The molecule has 0 spiro atoms. The van der Waals surface area contributed by atoms with Gasteiger partial charge >= 0.3 is 10.3 Å². The third-order valence-corrected chi connectivity index (χ3v) is 8.22. The number of thiophene rings is 1. The fourth-order valence-corrected chi connectivity index (χ4v) is 6.12. The van der Waals surface area contributed by atoms with E-state index in [0.29, 0.717) is 33.4 Å². The highest BCUT2D eigenvalue weighted by Gasteiger charge is 2.29. The minimum Gasteiger partial charge on any atom is -0.384 e. The standard InChI is InChI=1S/C22H21Cl3N4O5S2/c23-12-2-4-17(24)14(6-12)19(30)15-7-18(35-21(15)25)20(31)16-8-27-10-28-22(16)29-13-3-1-11(5-13)9-34-36(26,32)33/h2,4,6-8,10-11,13,19,30H,1,3,5,9H2,(H2,26,32,33)(H,27,28,29)/t11-,13?,19?/m1/s1. The highest BCUT2D eigenvalue weighted by Crippen LogP contribution is 2.39.